The Bertz CT molecular complexity index is 734. The van der Waals surface area contributed by atoms with Crippen LogP contribution < -0.4 is 10.2 Å². The van der Waals surface area contributed by atoms with Crippen LogP contribution in [0.25, 0.3) is 0 Å². The minimum atomic E-state index is -0.500. The molecular weight excluding hydrogens is 340 g/mol. The molecule has 0 bridgehead atoms. The van der Waals surface area contributed by atoms with Crippen molar-refractivity contribution in [2.24, 2.45) is 0 Å². The second kappa shape index (κ2) is 9.59. The highest BCUT2D eigenvalue weighted by Crippen LogP contribution is 2.33. The summed E-state index contributed by atoms with van der Waals surface area (Å²) in [4.78, 5) is 25.3. The van der Waals surface area contributed by atoms with E-state index in [1.54, 1.807) is 31.4 Å². The highest BCUT2D eigenvalue weighted by atomic mass is 16.6. The number of aromatic nitrogens is 3. The molecule has 2 rings (SSSR count). The van der Waals surface area contributed by atoms with Crippen LogP contribution in [0, 0.1) is 17.0 Å². The Hall–Kier alpha value is -2.85. The zero-order chi connectivity index (χ0) is 18.9. The van der Waals surface area contributed by atoms with Gasteiger partial charge in [0.05, 0.1) is 18.1 Å². The van der Waals surface area contributed by atoms with Gasteiger partial charge in [-0.05, 0) is 24.6 Å². The number of methoxy groups -OCH3 is 2. The van der Waals surface area contributed by atoms with Gasteiger partial charge in [0.15, 0.2) is 0 Å². The number of nitrogens with zero attached hydrogens (tertiary/aromatic N) is 5. The molecule has 0 saturated heterocycles. The summed E-state index contributed by atoms with van der Waals surface area (Å²) in [7, 11) is 3.14. The van der Waals surface area contributed by atoms with Gasteiger partial charge in [0, 0.05) is 33.5 Å². The highest BCUT2D eigenvalue weighted by Gasteiger charge is 2.27. The number of hydrogen-bond acceptors (Lipinski definition) is 9. The number of hydrogen-bond donors (Lipinski definition) is 1. The summed E-state index contributed by atoms with van der Waals surface area (Å²) in [5.41, 5.74) is 0.754. The average Bonchev–Trinajstić information content (AvgIpc) is 2.61. The molecule has 0 aliphatic carbocycles. The van der Waals surface area contributed by atoms with Gasteiger partial charge in [-0.2, -0.15) is 0 Å². The number of rotatable bonds is 10. The summed E-state index contributed by atoms with van der Waals surface area (Å²) in [6.45, 7) is 3.56. The molecule has 0 atom stereocenters. The van der Waals surface area contributed by atoms with Crippen molar-refractivity contribution in [3.8, 4) is 0 Å². The van der Waals surface area contributed by atoms with Gasteiger partial charge in [-0.25, -0.2) is 15.0 Å². The summed E-state index contributed by atoms with van der Waals surface area (Å²) in [5, 5.41) is 14.6. The van der Waals surface area contributed by atoms with Gasteiger partial charge in [-0.1, -0.05) is 0 Å². The van der Waals surface area contributed by atoms with Crippen molar-refractivity contribution in [2.75, 3.05) is 50.7 Å². The fourth-order valence-corrected chi connectivity index (χ4v) is 2.31. The molecule has 0 aromatic carbocycles. The molecule has 2 aromatic rings. The lowest BCUT2D eigenvalue weighted by molar-refractivity contribution is -0.383. The molecule has 2 heterocycles. The Labute approximate surface area is 151 Å². The molecule has 0 aliphatic rings. The van der Waals surface area contributed by atoms with Crippen LogP contribution in [0.2, 0.25) is 0 Å². The Kier molecular flexibility index (Phi) is 7.18. The van der Waals surface area contributed by atoms with E-state index < -0.39 is 4.92 Å². The maximum Gasteiger partial charge on any atom is 0.353 e. The zero-order valence-electron chi connectivity index (χ0n) is 15.0. The quantitative estimate of drug-likeness (QED) is 0.500. The first-order chi connectivity index (χ1) is 12.6. The predicted octanol–water partition coefficient (Wildman–Crippen LogP) is 1.93. The molecule has 140 valence electrons. The van der Waals surface area contributed by atoms with Crippen LogP contribution in [-0.2, 0) is 9.47 Å². The number of nitro groups is 1. The van der Waals surface area contributed by atoms with Gasteiger partial charge in [-0.15, -0.1) is 0 Å². The molecule has 0 aliphatic heterocycles. The number of pyridine rings is 1. The lowest BCUT2D eigenvalue weighted by Gasteiger charge is -2.23. The molecule has 0 saturated carbocycles. The van der Waals surface area contributed by atoms with Gasteiger partial charge in [0.2, 0.25) is 11.6 Å². The number of nitrogens with one attached hydrogen (secondary N) is 1. The maximum absolute atomic E-state index is 11.7. The molecule has 26 heavy (non-hydrogen) atoms. The summed E-state index contributed by atoms with van der Waals surface area (Å²) in [6, 6.07) is 3.61. The largest absolute Gasteiger partial charge is 0.383 e. The number of anilines is 3. The zero-order valence-corrected chi connectivity index (χ0v) is 15.0. The van der Waals surface area contributed by atoms with Crippen LogP contribution in [0.1, 0.15) is 5.56 Å². The number of aryl methyl sites for hydroxylation is 1. The minimum absolute atomic E-state index is 0.0814. The van der Waals surface area contributed by atoms with Crippen molar-refractivity contribution in [1.29, 1.82) is 0 Å². The third-order valence-electron chi connectivity index (χ3n) is 3.58. The van der Waals surface area contributed by atoms with Crippen LogP contribution in [0.4, 0.5) is 23.1 Å². The first-order valence-corrected chi connectivity index (χ1v) is 7.98. The molecule has 1 N–H and O–H groups in total. The molecule has 0 amide bonds. The molecule has 10 heteroatoms. The van der Waals surface area contributed by atoms with Crippen molar-refractivity contribution in [2.45, 2.75) is 6.92 Å². The minimum Gasteiger partial charge on any atom is -0.383 e. The monoisotopic (exact) mass is 362 g/mol. The van der Waals surface area contributed by atoms with Crippen LogP contribution >= 0.6 is 0 Å². The SMILES string of the molecule is COCCN(CCOC)c1ncnc(Nc2cc(C)ccn2)c1[N+](=O)[O-]. The van der Waals surface area contributed by atoms with Crippen LogP contribution in [0.3, 0.4) is 0 Å². The summed E-state index contributed by atoms with van der Waals surface area (Å²) in [6.07, 6.45) is 2.90. The molecule has 0 radical (unpaired) electrons. The Balaban J connectivity index is 2.40. The molecule has 2 aromatic heterocycles. The first-order valence-electron chi connectivity index (χ1n) is 7.98. The average molecular weight is 362 g/mol. The fourth-order valence-electron chi connectivity index (χ4n) is 2.31. The number of ether oxygens (including phenoxy) is 2. The third-order valence-corrected chi connectivity index (χ3v) is 3.58. The molecular formula is C16H22N6O4. The standard InChI is InChI=1S/C16H22N6O4/c1-12-4-5-17-13(10-12)20-15-14(22(23)24)16(19-11-18-15)21(6-8-25-2)7-9-26-3/h4-5,10-11H,6-9H2,1-3H3,(H,17,18,19,20). The smallest absolute Gasteiger partial charge is 0.353 e. The van der Waals surface area contributed by atoms with E-state index in [1.807, 2.05) is 13.0 Å². The molecule has 0 unspecified atom stereocenters. The second-order valence-electron chi connectivity index (χ2n) is 5.47. The molecule has 10 nitrogen and oxygen atoms in total. The summed E-state index contributed by atoms with van der Waals surface area (Å²) >= 11 is 0. The van der Waals surface area contributed by atoms with Gasteiger partial charge in [-0.3, -0.25) is 10.1 Å². The van der Waals surface area contributed by atoms with E-state index in [9.17, 15) is 10.1 Å². The van der Waals surface area contributed by atoms with Gasteiger partial charge in [0.1, 0.15) is 12.1 Å². The fraction of sp³-hybridized carbons (Fsp3) is 0.438. The van der Waals surface area contributed by atoms with Gasteiger partial charge in [0.25, 0.3) is 0 Å². The van der Waals surface area contributed by atoms with E-state index >= 15 is 0 Å². The predicted molar refractivity (Wildman–Crippen MR) is 96.9 cm³/mol. The van der Waals surface area contributed by atoms with E-state index in [0.717, 1.165) is 5.56 Å². The van der Waals surface area contributed by atoms with E-state index in [4.69, 9.17) is 9.47 Å². The summed E-state index contributed by atoms with van der Waals surface area (Å²) < 4.78 is 10.2. The normalized spacial score (nSPS) is 10.6. The van der Waals surface area contributed by atoms with E-state index in [2.05, 4.69) is 20.3 Å². The van der Waals surface area contributed by atoms with Gasteiger partial charge < -0.3 is 19.7 Å². The first kappa shape index (κ1) is 19.5. The van der Waals surface area contributed by atoms with Crippen LogP contribution in [0.5, 0.6) is 0 Å². The van der Waals surface area contributed by atoms with Crippen LogP contribution in [0.15, 0.2) is 24.7 Å². The molecule has 0 fully saturated rings. The lowest BCUT2D eigenvalue weighted by atomic mass is 10.3. The van der Waals surface area contributed by atoms with E-state index in [0.29, 0.717) is 32.1 Å². The van der Waals surface area contributed by atoms with E-state index in [1.165, 1.54) is 6.33 Å². The van der Waals surface area contributed by atoms with Crippen molar-refractivity contribution in [3.63, 3.8) is 0 Å². The van der Waals surface area contributed by atoms with Crippen molar-refractivity contribution in [1.82, 2.24) is 15.0 Å². The highest BCUT2D eigenvalue weighted by molar-refractivity contribution is 5.73. The lowest BCUT2D eigenvalue weighted by Crippen LogP contribution is -2.32. The third kappa shape index (κ3) is 5.07. The Morgan fingerprint density at radius 1 is 1.19 bits per heavy atom. The van der Waals surface area contributed by atoms with Crippen molar-refractivity contribution < 1.29 is 14.4 Å². The van der Waals surface area contributed by atoms with Crippen LogP contribution in [-0.4, -0.2) is 60.4 Å². The second-order valence-corrected chi connectivity index (χ2v) is 5.47. The molecule has 0 spiro atoms. The topological polar surface area (TPSA) is 116 Å². The van der Waals surface area contributed by atoms with Crippen molar-refractivity contribution >= 4 is 23.1 Å². The maximum atomic E-state index is 11.7. The summed E-state index contributed by atoms with van der Waals surface area (Å²) in [5.74, 6) is 0.755. The van der Waals surface area contributed by atoms with E-state index in [-0.39, 0.29) is 17.3 Å². The Morgan fingerprint density at radius 2 is 1.88 bits per heavy atom. The van der Waals surface area contributed by atoms with Crippen molar-refractivity contribution in [3.05, 3.63) is 40.3 Å². The van der Waals surface area contributed by atoms with Gasteiger partial charge >= 0.3 is 5.69 Å². The Morgan fingerprint density at radius 3 is 2.46 bits per heavy atom.